The summed E-state index contributed by atoms with van der Waals surface area (Å²) in [5, 5.41) is 6.37. The Morgan fingerprint density at radius 1 is 0.947 bits per heavy atom. The number of hydrogen-bond acceptors (Lipinski definition) is 8. The molecular formula is C28H30N2O6S2. The molecule has 0 fully saturated rings. The predicted molar refractivity (Wildman–Crippen MR) is 150 cm³/mol. The van der Waals surface area contributed by atoms with Crippen molar-refractivity contribution < 1.29 is 28.6 Å². The number of thiophene rings is 1. The van der Waals surface area contributed by atoms with E-state index in [1.54, 1.807) is 37.3 Å². The molecule has 0 saturated carbocycles. The van der Waals surface area contributed by atoms with Gasteiger partial charge >= 0.3 is 5.97 Å². The van der Waals surface area contributed by atoms with Crippen LogP contribution in [0.1, 0.15) is 50.9 Å². The molecule has 4 rings (SSSR count). The average molecular weight is 555 g/mol. The summed E-state index contributed by atoms with van der Waals surface area (Å²) in [6.07, 6.45) is 3.84. The van der Waals surface area contributed by atoms with Crippen LogP contribution in [0.4, 0.5) is 10.7 Å². The SMILES string of the molecule is CCOC(=O)c1c(NC(=O)CSc2cccc(NC(=O)c3c(OC)cccc3OC)c2)sc2c1CCCC2. The summed E-state index contributed by atoms with van der Waals surface area (Å²) in [7, 11) is 2.99. The predicted octanol–water partition coefficient (Wildman–Crippen LogP) is 5.80. The van der Waals surface area contributed by atoms with Crippen LogP contribution in [0.15, 0.2) is 47.4 Å². The van der Waals surface area contributed by atoms with E-state index in [9.17, 15) is 14.4 Å². The van der Waals surface area contributed by atoms with Gasteiger partial charge in [0.15, 0.2) is 0 Å². The maximum atomic E-state index is 13.0. The molecule has 0 saturated heterocycles. The van der Waals surface area contributed by atoms with Crippen LogP contribution in [0.5, 0.6) is 11.5 Å². The molecular weight excluding hydrogens is 524 g/mol. The number of ether oxygens (including phenoxy) is 3. The Labute approximate surface area is 230 Å². The fourth-order valence-electron chi connectivity index (χ4n) is 4.32. The third-order valence-electron chi connectivity index (χ3n) is 6.02. The average Bonchev–Trinajstić information content (AvgIpc) is 3.29. The van der Waals surface area contributed by atoms with E-state index in [1.165, 1.54) is 37.3 Å². The molecule has 1 aliphatic rings. The largest absolute Gasteiger partial charge is 0.496 e. The summed E-state index contributed by atoms with van der Waals surface area (Å²) in [6, 6.07) is 12.4. The van der Waals surface area contributed by atoms with Crippen LogP contribution in [0.3, 0.4) is 0 Å². The van der Waals surface area contributed by atoms with E-state index in [-0.39, 0.29) is 30.1 Å². The summed E-state index contributed by atoms with van der Waals surface area (Å²) in [6.45, 7) is 2.05. The van der Waals surface area contributed by atoms with Crippen LogP contribution >= 0.6 is 23.1 Å². The summed E-state index contributed by atoms with van der Waals surface area (Å²) in [4.78, 5) is 40.4. The number of nitrogens with one attached hydrogen (secondary N) is 2. The molecule has 0 aliphatic heterocycles. The second kappa shape index (κ2) is 12.8. The molecule has 0 spiro atoms. The summed E-state index contributed by atoms with van der Waals surface area (Å²) >= 11 is 2.80. The molecule has 0 bridgehead atoms. The molecule has 2 amide bonds. The van der Waals surface area contributed by atoms with Gasteiger partial charge in [0.2, 0.25) is 5.91 Å². The summed E-state index contributed by atoms with van der Waals surface area (Å²) < 4.78 is 15.9. The second-order valence-corrected chi connectivity index (χ2v) is 10.6. The number of aryl methyl sites for hydroxylation is 1. The van der Waals surface area contributed by atoms with Gasteiger partial charge in [-0.3, -0.25) is 9.59 Å². The Kier molecular flexibility index (Phi) is 9.30. The van der Waals surface area contributed by atoms with Crippen LogP contribution in [-0.4, -0.2) is 44.4 Å². The van der Waals surface area contributed by atoms with E-state index in [0.717, 1.165) is 41.0 Å². The molecule has 0 unspecified atom stereocenters. The highest BCUT2D eigenvalue weighted by atomic mass is 32.2. The number of methoxy groups -OCH3 is 2. The number of anilines is 2. The smallest absolute Gasteiger partial charge is 0.341 e. The van der Waals surface area contributed by atoms with Crippen molar-refractivity contribution in [1.82, 2.24) is 0 Å². The van der Waals surface area contributed by atoms with Crippen molar-refractivity contribution in [2.75, 3.05) is 37.2 Å². The maximum absolute atomic E-state index is 13.0. The molecule has 8 nitrogen and oxygen atoms in total. The number of carbonyl (C=O) groups is 3. The molecule has 1 aliphatic carbocycles. The van der Waals surface area contributed by atoms with Gasteiger partial charge in [0.25, 0.3) is 5.91 Å². The number of fused-ring (bicyclic) bond motifs is 1. The Balaban J connectivity index is 1.42. The van der Waals surface area contributed by atoms with Gasteiger partial charge in [-0.15, -0.1) is 23.1 Å². The molecule has 2 aromatic carbocycles. The molecule has 200 valence electrons. The van der Waals surface area contributed by atoms with E-state index in [2.05, 4.69) is 10.6 Å². The first-order valence-corrected chi connectivity index (χ1v) is 14.1. The van der Waals surface area contributed by atoms with Crippen molar-refractivity contribution in [2.45, 2.75) is 37.5 Å². The van der Waals surface area contributed by atoms with E-state index in [0.29, 0.717) is 33.3 Å². The van der Waals surface area contributed by atoms with Crippen LogP contribution in [0.2, 0.25) is 0 Å². The van der Waals surface area contributed by atoms with Crippen LogP contribution < -0.4 is 20.1 Å². The minimum absolute atomic E-state index is 0.141. The zero-order valence-corrected chi connectivity index (χ0v) is 23.2. The molecule has 0 atom stereocenters. The molecule has 3 aromatic rings. The van der Waals surface area contributed by atoms with Gasteiger partial charge in [-0.2, -0.15) is 0 Å². The van der Waals surface area contributed by atoms with Gasteiger partial charge in [-0.05, 0) is 68.5 Å². The van der Waals surface area contributed by atoms with E-state index in [4.69, 9.17) is 14.2 Å². The van der Waals surface area contributed by atoms with Gasteiger partial charge in [-0.25, -0.2) is 4.79 Å². The fourth-order valence-corrected chi connectivity index (χ4v) is 6.37. The molecule has 1 aromatic heterocycles. The van der Waals surface area contributed by atoms with Crippen molar-refractivity contribution in [3.8, 4) is 11.5 Å². The first-order valence-electron chi connectivity index (χ1n) is 12.3. The van der Waals surface area contributed by atoms with Crippen molar-refractivity contribution in [2.24, 2.45) is 0 Å². The number of benzene rings is 2. The zero-order valence-electron chi connectivity index (χ0n) is 21.6. The highest BCUT2D eigenvalue weighted by molar-refractivity contribution is 8.00. The van der Waals surface area contributed by atoms with Crippen LogP contribution in [0.25, 0.3) is 0 Å². The Morgan fingerprint density at radius 3 is 2.37 bits per heavy atom. The molecule has 1 heterocycles. The number of thioether (sulfide) groups is 1. The lowest BCUT2D eigenvalue weighted by Crippen LogP contribution is -2.17. The second-order valence-electron chi connectivity index (χ2n) is 8.49. The monoisotopic (exact) mass is 554 g/mol. The zero-order chi connectivity index (χ0) is 27.1. The lowest BCUT2D eigenvalue weighted by molar-refractivity contribution is -0.113. The van der Waals surface area contributed by atoms with Gasteiger partial charge < -0.3 is 24.8 Å². The van der Waals surface area contributed by atoms with Crippen molar-refractivity contribution in [1.29, 1.82) is 0 Å². The van der Waals surface area contributed by atoms with Crippen molar-refractivity contribution >= 4 is 51.6 Å². The van der Waals surface area contributed by atoms with Gasteiger partial charge in [-0.1, -0.05) is 12.1 Å². The normalized spacial score (nSPS) is 12.3. The number of esters is 1. The van der Waals surface area contributed by atoms with Gasteiger partial charge in [0, 0.05) is 15.5 Å². The van der Waals surface area contributed by atoms with E-state index >= 15 is 0 Å². The van der Waals surface area contributed by atoms with E-state index < -0.39 is 0 Å². The number of hydrogen-bond donors (Lipinski definition) is 2. The van der Waals surface area contributed by atoms with E-state index in [1.807, 2.05) is 12.1 Å². The molecule has 10 heteroatoms. The summed E-state index contributed by atoms with van der Waals surface area (Å²) in [5.74, 6) is -0.0181. The minimum Gasteiger partial charge on any atom is -0.496 e. The van der Waals surface area contributed by atoms with Crippen molar-refractivity contribution in [3.63, 3.8) is 0 Å². The molecule has 0 radical (unpaired) electrons. The topological polar surface area (TPSA) is 103 Å². The highest BCUT2D eigenvalue weighted by Gasteiger charge is 2.27. The van der Waals surface area contributed by atoms with Crippen molar-refractivity contribution in [3.05, 3.63) is 64.0 Å². The number of rotatable bonds is 10. The first kappa shape index (κ1) is 27.5. The first-order chi connectivity index (χ1) is 18.4. The molecule has 2 N–H and O–H groups in total. The van der Waals surface area contributed by atoms with Crippen LogP contribution in [-0.2, 0) is 22.4 Å². The van der Waals surface area contributed by atoms with Crippen LogP contribution in [0, 0.1) is 0 Å². The number of amides is 2. The standard InChI is InChI=1S/C28H30N2O6S2/c1-4-36-28(33)24-19-11-5-6-14-22(19)38-27(24)30-23(31)16-37-18-10-7-9-17(15-18)29-26(32)25-20(34-2)12-8-13-21(25)35-3/h7-10,12-13,15H,4-6,11,14,16H2,1-3H3,(H,29,32)(H,30,31). The van der Waals surface area contributed by atoms with Gasteiger partial charge in [0.1, 0.15) is 22.1 Å². The third kappa shape index (κ3) is 6.31. The Hall–Kier alpha value is -3.50. The minimum atomic E-state index is -0.384. The quantitative estimate of drug-likeness (QED) is 0.241. The third-order valence-corrected chi connectivity index (χ3v) is 8.22. The fraction of sp³-hybridized carbons (Fsp3) is 0.321. The number of carbonyl (C=O) groups excluding carboxylic acids is 3. The molecule has 38 heavy (non-hydrogen) atoms. The lowest BCUT2D eigenvalue weighted by Gasteiger charge is -2.13. The summed E-state index contributed by atoms with van der Waals surface area (Å²) in [5.41, 5.74) is 2.38. The Morgan fingerprint density at radius 2 is 1.66 bits per heavy atom. The Bertz CT molecular complexity index is 1310. The highest BCUT2D eigenvalue weighted by Crippen LogP contribution is 2.39. The van der Waals surface area contributed by atoms with Gasteiger partial charge in [0.05, 0.1) is 32.1 Å². The maximum Gasteiger partial charge on any atom is 0.341 e. The lowest BCUT2D eigenvalue weighted by atomic mass is 9.95.